The van der Waals surface area contributed by atoms with Gasteiger partial charge >= 0.3 is 0 Å². The van der Waals surface area contributed by atoms with Crippen molar-refractivity contribution in [2.24, 2.45) is 5.73 Å². The Hall–Kier alpha value is -2.40. The van der Waals surface area contributed by atoms with Crippen molar-refractivity contribution in [1.29, 1.82) is 0 Å². The second kappa shape index (κ2) is 8.45. The van der Waals surface area contributed by atoms with Crippen LogP contribution in [0, 0.1) is 0 Å². The van der Waals surface area contributed by atoms with Crippen molar-refractivity contribution in [3.63, 3.8) is 0 Å². The first-order valence-corrected chi connectivity index (χ1v) is 7.81. The molecule has 5 heteroatoms. The predicted molar refractivity (Wildman–Crippen MR) is 94.3 cm³/mol. The molecule has 0 aliphatic rings. The van der Waals surface area contributed by atoms with E-state index >= 15 is 0 Å². The molecule has 130 valence electrons. The third-order valence-electron chi connectivity index (χ3n) is 3.99. The highest BCUT2D eigenvalue weighted by Gasteiger charge is 2.14. The van der Waals surface area contributed by atoms with Gasteiger partial charge in [0.25, 0.3) is 0 Å². The molecule has 0 saturated carbocycles. The van der Waals surface area contributed by atoms with Crippen LogP contribution < -0.4 is 24.7 Å². The summed E-state index contributed by atoms with van der Waals surface area (Å²) in [7, 11) is 6.48. The maximum Gasteiger partial charge on any atom is 0.203 e. The molecular weight excluding hydrogens is 306 g/mol. The van der Waals surface area contributed by atoms with Gasteiger partial charge < -0.3 is 24.7 Å². The van der Waals surface area contributed by atoms with E-state index in [1.54, 1.807) is 28.4 Å². The van der Waals surface area contributed by atoms with Crippen LogP contribution in [0.3, 0.4) is 0 Å². The Morgan fingerprint density at radius 2 is 1.54 bits per heavy atom. The molecule has 1 unspecified atom stereocenters. The van der Waals surface area contributed by atoms with Crippen LogP contribution in [0.5, 0.6) is 23.0 Å². The number of hydrogen-bond acceptors (Lipinski definition) is 5. The fourth-order valence-electron chi connectivity index (χ4n) is 2.64. The van der Waals surface area contributed by atoms with Gasteiger partial charge in [-0.05, 0) is 48.2 Å². The zero-order valence-corrected chi connectivity index (χ0v) is 14.7. The van der Waals surface area contributed by atoms with Gasteiger partial charge in [-0.1, -0.05) is 12.1 Å². The van der Waals surface area contributed by atoms with Gasteiger partial charge in [0.2, 0.25) is 5.75 Å². The van der Waals surface area contributed by atoms with E-state index in [0.29, 0.717) is 17.2 Å². The lowest BCUT2D eigenvalue weighted by atomic mass is 9.99. The smallest absolute Gasteiger partial charge is 0.203 e. The van der Waals surface area contributed by atoms with E-state index in [4.69, 9.17) is 24.7 Å². The van der Waals surface area contributed by atoms with Crippen molar-refractivity contribution >= 4 is 0 Å². The molecule has 2 aromatic rings. The summed E-state index contributed by atoms with van der Waals surface area (Å²) < 4.78 is 21.4. The maximum absolute atomic E-state index is 6.32. The molecular formula is C19H25NO4. The van der Waals surface area contributed by atoms with Crippen LogP contribution in [0.1, 0.15) is 23.6 Å². The number of rotatable bonds is 8. The van der Waals surface area contributed by atoms with Crippen LogP contribution in [-0.4, -0.2) is 28.4 Å². The summed E-state index contributed by atoms with van der Waals surface area (Å²) in [6.07, 6.45) is 1.60. The lowest BCUT2D eigenvalue weighted by Gasteiger charge is -2.16. The lowest BCUT2D eigenvalue weighted by molar-refractivity contribution is 0.323. The standard InChI is InChI=1S/C19H25NO4/c1-21-15-7-5-6-14(12-15)16(20)9-8-13-10-17(22-2)19(24-4)18(11-13)23-3/h5-7,10-12,16H,8-9,20H2,1-4H3. The molecule has 0 radical (unpaired) electrons. The molecule has 0 aliphatic heterocycles. The van der Waals surface area contributed by atoms with Crippen molar-refractivity contribution < 1.29 is 18.9 Å². The van der Waals surface area contributed by atoms with E-state index < -0.39 is 0 Å². The van der Waals surface area contributed by atoms with Gasteiger partial charge in [-0.25, -0.2) is 0 Å². The topological polar surface area (TPSA) is 62.9 Å². The average Bonchev–Trinajstić information content (AvgIpc) is 2.64. The number of hydrogen-bond donors (Lipinski definition) is 1. The second-order valence-electron chi connectivity index (χ2n) is 5.46. The van der Waals surface area contributed by atoms with Crippen LogP contribution in [0.2, 0.25) is 0 Å². The van der Waals surface area contributed by atoms with Gasteiger partial charge in [-0.15, -0.1) is 0 Å². The van der Waals surface area contributed by atoms with Crippen molar-refractivity contribution in [3.05, 3.63) is 47.5 Å². The molecule has 2 N–H and O–H groups in total. The minimum atomic E-state index is -0.0702. The minimum absolute atomic E-state index is 0.0702. The van der Waals surface area contributed by atoms with Gasteiger partial charge in [-0.2, -0.15) is 0 Å². The minimum Gasteiger partial charge on any atom is -0.497 e. The van der Waals surface area contributed by atoms with E-state index in [1.807, 2.05) is 36.4 Å². The van der Waals surface area contributed by atoms with Gasteiger partial charge in [0.1, 0.15) is 5.75 Å². The number of ether oxygens (including phenoxy) is 4. The number of methoxy groups -OCH3 is 4. The van der Waals surface area contributed by atoms with Gasteiger partial charge in [-0.3, -0.25) is 0 Å². The molecule has 0 fully saturated rings. The first-order valence-electron chi connectivity index (χ1n) is 7.81. The highest BCUT2D eigenvalue weighted by Crippen LogP contribution is 2.38. The summed E-state index contributed by atoms with van der Waals surface area (Å²) in [4.78, 5) is 0. The highest BCUT2D eigenvalue weighted by molar-refractivity contribution is 5.53. The van der Waals surface area contributed by atoms with E-state index in [2.05, 4.69) is 0 Å². The Morgan fingerprint density at radius 1 is 0.875 bits per heavy atom. The monoisotopic (exact) mass is 331 g/mol. The molecule has 0 aliphatic carbocycles. The van der Waals surface area contributed by atoms with Crippen LogP contribution in [0.4, 0.5) is 0 Å². The van der Waals surface area contributed by atoms with E-state index in [0.717, 1.165) is 29.7 Å². The zero-order valence-electron chi connectivity index (χ0n) is 14.7. The third kappa shape index (κ3) is 4.11. The number of aryl methyl sites for hydroxylation is 1. The molecule has 2 aromatic carbocycles. The van der Waals surface area contributed by atoms with Crippen LogP contribution in [0.15, 0.2) is 36.4 Å². The molecule has 0 amide bonds. The van der Waals surface area contributed by atoms with E-state index in [1.165, 1.54) is 0 Å². The summed E-state index contributed by atoms with van der Waals surface area (Å²) in [5.74, 6) is 2.72. The summed E-state index contributed by atoms with van der Waals surface area (Å²) in [5, 5.41) is 0. The Bertz CT molecular complexity index is 647. The molecule has 0 aromatic heterocycles. The molecule has 1 atom stereocenters. The summed E-state index contributed by atoms with van der Waals surface area (Å²) in [6.45, 7) is 0. The summed E-state index contributed by atoms with van der Waals surface area (Å²) in [6, 6.07) is 11.7. The third-order valence-corrected chi connectivity index (χ3v) is 3.99. The maximum atomic E-state index is 6.32. The quantitative estimate of drug-likeness (QED) is 0.803. The molecule has 0 spiro atoms. The van der Waals surface area contributed by atoms with E-state index in [-0.39, 0.29) is 6.04 Å². The van der Waals surface area contributed by atoms with Gasteiger partial charge in [0, 0.05) is 6.04 Å². The average molecular weight is 331 g/mol. The molecule has 0 heterocycles. The van der Waals surface area contributed by atoms with Crippen LogP contribution >= 0.6 is 0 Å². The van der Waals surface area contributed by atoms with Crippen LogP contribution in [0.25, 0.3) is 0 Å². The van der Waals surface area contributed by atoms with Crippen molar-refractivity contribution in [3.8, 4) is 23.0 Å². The molecule has 0 bridgehead atoms. The molecule has 2 rings (SSSR count). The second-order valence-corrected chi connectivity index (χ2v) is 5.46. The first-order chi connectivity index (χ1) is 11.6. The van der Waals surface area contributed by atoms with Crippen molar-refractivity contribution in [2.75, 3.05) is 28.4 Å². The summed E-state index contributed by atoms with van der Waals surface area (Å²) >= 11 is 0. The SMILES string of the molecule is COc1cccc(C(N)CCc2cc(OC)c(OC)c(OC)c2)c1. The van der Waals surface area contributed by atoms with E-state index in [9.17, 15) is 0 Å². The molecule has 5 nitrogen and oxygen atoms in total. The number of nitrogens with two attached hydrogens (primary N) is 1. The predicted octanol–water partition coefficient (Wildman–Crippen LogP) is 3.35. The van der Waals surface area contributed by atoms with Crippen molar-refractivity contribution in [2.45, 2.75) is 18.9 Å². The van der Waals surface area contributed by atoms with Crippen LogP contribution in [-0.2, 0) is 6.42 Å². The fourth-order valence-corrected chi connectivity index (χ4v) is 2.64. The largest absolute Gasteiger partial charge is 0.497 e. The Labute approximate surface area is 143 Å². The molecule has 0 saturated heterocycles. The first kappa shape index (κ1) is 17.9. The normalized spacial score (nSPS) is 11.7. The fraction of sp³-hybridized carbons (Fsp3) is 0.368. The Balaban J connectivity index is 2.13. The lowest BCUT2D eigenvalue weighted by Crippen LogP contribution is -2.11. The Morgan fingerprint density at radius 3 is 2.08 bits per heavy atom. The Kier molecular flexibility index (Phi) is 6.32. The van der Waals surface area contributed by atoms with Crippen molar-refractivity contribution in [1.82, 2.24) is 0 Å². The zero-order chi connectivity index (χ0) is 17.5. The highest BCUT2D eigenvalue weighted by atomic mass is 16.5. The number of benzene rings is 2. The molecule has 24 heavy (non-hydrogen) atoms. The summed E-state index contributed by atoms with van der Waals surface area (Å²) in [5.41, 5.74) is 8.46. The van der Waals surface area contributed by atoms with Gasteiger partial charge in [0.15, 0.2) is 11.5 Å². The van der Waals surface area contributed by atoms with Gasteiger partial charge in [0.05, 0.1) is 28.4 Å².